The summed E-state index contributed by atoms with van der Waals surface area (Å²) in [6.07, 6.45) is 3.35. The molecule has 2 N–H and O–H groups in total. The highest BCUT2D eigenvalue weighted by atomic mass is 16.5. The van der Waals surface area contributed by atoms with Crippen LogP contribution >= 0.6 is 0 Å². The maximum absolute atomic E-state index is 9.01. The van der Waals surface area contributed by atoms with E-state index in [-0.39, 0.29) is 11.5 Å². The van der Waals surface area contributed by atoms with Gasteiger partial charge in [0, 0.05) is 11.5 Å². The van der Waals surface area contributed by atoms with E-state index in [4.69, 9.17) is 10.5 Å². The van der Waals surface area contributed by atoms with E-state index in [0.717, 1.165) is 19.3 Å². The standard InChI is InChI=1S/C13H14N2O/c14-8-9-1-3-10(4-2-9)13-6-5-12(15-16)11(13)7-13/h1-4,11-12,15-16H,5-7H2/t11?,12?,13-/m1/s1. The van der Waals surface area contributed by atoms with Crippen LogP contribution in [0.2, 0.25) is 0 Å². The van der Waals surface area contributed by atoms with E-state index in [0.29, 0.717) is 11.5 Å². The molecule has 0 heterocycles. The quantitative estimate of drug-likeness (QED) is 0.740. The molecule has 82 valence electrons. The van der Waals surface area contributed by atoms with Crippen molar-refractivity contribution in [2.45, 2.75) is 30.7 Å². The average molecular weight is 214 g/mol. The van der Waals surface area contributed by atoms with Crippen LogP contribution in [0.1, 0.15) is 30.4 Å². The third-order valence-corrected chi connectivity index (χ3v) is 4.28. The van der Waals surface area contributed by atoms with Crippen molar-refractivity contribution in [3.05, 3.63) is 35.4 Å². The molecule has 2 saturated carbocycles. The SMILES string of the molecule is N#Cc1ccc([C@]23CCC(NO)C2C3)cc1. The largest absolute Gasteiger partial charge is 0.317 e. The summed E-state index contributed by atoms with van der Waals surface area (Å²) in [6, 6.07) is 10.3. The molecule has 0 saturated heterocycles. The first-order chi connectivity index (χ1) is 7.80. The summed E-state index contributed by atoms with van der Waals surface area (Å²) in [5.41, 5.74) is 4.75. The van der Waals surface area contributed by atoms with Gasteiger partial charge in [0.2, 0.25) is 0 Å². The fraction of sp³-hybridized carbons (Fsp3) is 0.462. The number of fused-ring (bicyclic) bond motifs is 1. The third kappa shape index (κ3) is 1.21. The van der Waals surface area contributed by atoms with E-state index < -0.39 is 0 Å². The second kappa shape index (κ2) is 3.31. The molecular formula is C13H14N2O. The number of nitriles is 1. The predicted molar refractivity (Wildman–Crippen MR) is 58.9 cm³/mol. The van der Waals surface area contributed by atoms with Gasteiger partial charge in [0.15, 0.2) is 0 Å². The monoisotopic (exact) mass is 214 g/mol. The van der Waals surface area contributed by atoms with Crippen molar-refractivity contribution in [1.82, 2.24) is 5.48 Å². The number of rotatable bonds is 2. The first-order valence-corrected chi connectivity index (χ1v) is 5.70. The van der Waals surface area contributed by atoms with Gasteiger partial charge in [-0.25, -0.2) is 5.48 Å². The van der Waals surface area contributed by atoms with Crippen molar-refractivity contribution in [2.75, 3.05) is 0 Å². The highest BCUT2D eigenvalue weighted by Gasteiger charge is 2.62. The molecule has 0 aromatic heterocycles. The Bertz CT molecular complexity index is 448. The van der Waals surface area contributed by atoms with Gasteiger partial charge in [-0.15, -0.1) is 0 Å². The van der Waals surface area contributed by atoms with Crippen LogP contribution in [0, 0.1) is 17.2 Å². The Morgan fingerprint density at radius 2 is 2.12 bits per heavy atom. The molecule has 0 bridgehead atoms. The zero-order valence-electron chi connectivity index (χ0n) is 8.98. The van der Waals surface area contributed by atoms with Crippen LogP contribution in [0.5, 0.6) is 0 Å². The lowest BCUT2D eigenvalue weighted by molar-refractivity contribution is 0.119. The lowest BCUT2D eigenvalue weighted by Gasteiger charge is -2.11. The Kier molecular flexibility index (Phi) is 2.03. The molecule has 1 aromatic rings. The van der Waals surface area contributed by atoms with E-state index in [1.165, 1.54) is 5.56 Å². The van der Waals surface area contributed by atoms with Crippen molar-refractivity contribution in [3.63, 3.8) is 0 Å². The molecule has 3 atom stereocenters. The minimum atomic E-state index is 0.260. The van der Waals surface area contributed by atoms with Gasteiger partial charge < -0.3 is 5.21 Å². The Labute approximate surface area is 94.7 Å². The molecule has 2 aliphatic carbocycles. The summed E-state index contributed by atoms with van der Waals surface area (Å²) >= 11 is 0. The van der Waals surface area contributed by atoms with Crippen LogP contribution in [0.3, 0.4) is 0 Å². The minimum absolute atomic E-state index is 0.260. The van der Waals surface area contributed by atoms with Gasteiger partial charge >= 0.3 is 0 Å². The summed E-state index contributed by atoms with van der Waals surface area (Å²) in [5.74, 6) is 0.574. The van der Waals surface area contributed by atoms with Gasteiger partial charge in [-0.1, -0.05) is 12.1 Å². The van der Waals surface area contributed by atoms with Crippen molar-refractivity contribution < 1.29 is 5.21 Å². The number of hydrogen-bond donors (Lipinski definition) is 2. The van der Waals surface area contributed by atoms with Gasteiger partial charge in [-0.05, 0) is 42.9 Å². The molecule has 0 spiro atoms. The highest BCUT2D eigenvalue weighted by Crippen LogP contribution is 2.64. The van der Waals surface area contributed by atoms with Crippen LogP contribution in [-0.2, 0) is 5.41 Å². The molecule has 0 aliphatic heterocycles. The summed E-state index contributed by atoms with van der Waals surface area (Å²) < 4.78 is 0. The Hall–Kier alpha value is -1.37. The van der Waals surface area contributed by atoms with E-state index in [9.17, 15) is 0 Å². The lowest BCUT2D eigenvalue weighted by Crippen LogP contribution is -2.25. The van der Waals surface area contributed by atoms with Gasteiger partial charge in [0.1, 0.15) is 0 Å². The minimum Gasteiger partial charge on any atom is -0.317 e. The molecule has 0 amide bonds. The zero-order chi connectivity index (χ0) is 11.2. The number of hydroxylamine groups is 1. The molecule has 1 aromatic carbocycles. The first kappa shape index (κ1) is 9.83. The molecular weight excluding hydrogens is 200 g/mol. The number of nitrogens with zero attached hydrogens (tertiary/aromatic N) is 1. The molecule has 3 heteroatoms. The van der Waals surface area contributed by atoms with Gasteiger partial charge in [-0.3, -0.25) is 0 Å². The predicted octanol–water partition coefficient (Wildman–Crippen LogP) is 1.96. The molecule has 0 radical (unpaired) electrons. The Morgan fingerprint density at radius 1 is 1.38 bits per heavy atom. The fourth-order valence-corrected chi connectivity index (χ4v) is 3.27. The number of nitrogens with one attached hydrogen (secondary N) is 1. The fourth-order valence-electron chi connectivity index (χ4n) is 3.27. The van der Waals surface area contributed by atoms with Crippen LogP contribution < -0.4 is 5.48 Å². The lowest BCUT2D eigenvalue weighted by atomic mass is 9.93. The topological polar surface area (TPSA) is 56.0 Å². The van der Waals surface area contributed by atoms with Crippen molar-refractivity contribution >= 4 is 0 Å². The van der Waals surface area contributed by atoms with Crippen LogP contribution in [0.25, 0.3) is 0 Å². The normalized spacial score (nSPS) is 35.5. The summed E-state index contributed by atoms with van der Waals surface area (Å²) in [4.78, 5) is 0. The van der Waals surface area contributed by atoms with E-state index in [1.807, 2.05) is 12.1 Å². The van der Waals surface area contributed by atoms with Gasteiger partial charge in [0.25, 0.3) is 0 Å². The van der Waals surface area contributed by atoms with E-state index in [2.05, 4.69) is 23.7 Å². The highest BCUT2D eigenvalue weighted by molar-refractivity contribution is 5.41. The second-order valence-corrected chi connectivity index (χ2v) is 4.93. The van der Waals surface area contributed by atoms with Crippen LogP contribution in [0.15, 0.2) is 24.3 Å². The summed E-state index contributed by atoms with van der Waals surface area (Å²) in [5, 5.41) is 17.8. The third-order valence-electron chi connectivity index (χ3n) is 4.28. The second-order valence-electron chi connectivity index (χ2n) is 4.93. The van der Waals surface area contributed by atoms with Gasteiger partial charge in [-0.2, -0.15) is 5.26 Å². The zero-order valence-corrected chi connectivity index (χ0v) is 8.98. The summed E-state index contributed by atoms with van der Waals surface area (Å²) in [6.45, 7) is 0. The van der Waals surface area contributed by atoms with Gasteiger partial charge in [0.05, 0.1) is 11.6 Å². The number of hydrogen-bond acceptors (Lipinski definition) is 3. The Balaban J connectivity index is 1.87. The van der Waals surface area contributed by atoms with Crippen molar-refractivity contribution in [1.29, 1.82) is 5.26 Å². The molecule has 2 unspecified atom stereocenters. The molecule has 16 heavy (non-hydrogen) atoms. The average Bonchev–Trinajstić information content (AvgIpc) is 2.98. The first-order valence-electron chi connectivity index (χ1n) is 5.70. The van der Waals surface area contributed by atoms with E-state index in [1.54, 1.807) is 0 Å². The molecule has 3 nitrogen and oxygen atoms in total. The smallest absolute Gasteiger partial charge is 0.0991 e. The van der Waals surface area contributed by atoms with Crippen molar-refractivity contribution in [2.24, 2.45) is 5.92 Å². The van der Waals surface area contributed by atoms with E-state index >= 15 is 0 Å². The maximum Gasteiger partial charge on any atom is 0.0991 e. The maximum atomic E-state index is 9.01. The number of benzene rings is 1. The van der Waals surface area contributed by atoms with Crippen LogP contribution in [-0.4, -0.2) is 11.2 Å². The summed E-state index contributed by atoms with van der Waals surface area (Å²) in [7, 11) is 0. The molecule has 2 aliphatic rings. The van der Waals surface area contributed by atoms with Crippen LogP contribution in [0.4, 0.5) is 0 Å². The molecule has 3 rings (SSSR count). The Morgan fingerprint density at radius 3 is 2.62 bits per heavy atom. The van der Waals surface area contributed by atoms with Crippen molar-refractivity contribution in [3.8, 4) is 6.07 Å². The molecule has 2 fully saturated rings.